The van der Waals surface area contributed by atoms with E-state index in [-0.39, 0.29) is 11.9 Å². The third-order valence-electron chi connectivity index (χ3n) is 6.47. The minimum Gasteiger partial charge on any atom is -0.354 e. The highest BCUT2D eigenvalue weighted by Gasteiger charge is 2.40. The number of H-pyrrole nitrogens is 1. The quantitative estimate of drug-likeness (QED) is 0.277. The molecule has 1 N–H and O–H groups in total. The molecule has 1 aliphatic rings. The number of hydrogen-bond acceptors (Lipinski definition) is 1. The molecule has 3 nitrogen and oxygen atoms in total. The Kier molecular flexibility index (Phi) is 5.17. The molecule has 0 saturated carbocycles. The predicted octanol–water partition coefficient (Wildman–Crippen LogP) is 7.89. The van der Waals surface area contributed by atoms with Crippen LogP contribution in [-0.2, 0) is 6.54 Å². The zero-order valence-corrected chi connectivity index (χ0v) is 19.6. The van der Waals surface area contributed by atoms with Crippen LogP contribution >= 0.6 is 23.2 Å². The number of nitrogens with one attached hydrogen (secondary N) is 1. The van der Waals surface area contributed by atoms with Crippen LogP contribution in [0.2, 0.25) is 10.0 Å². The number of rotatable bonds is 4. The van der Waals surface area contributed by atoms with E-state index in [2.05, 4.69) is 35.3 Å². The molecule has 1 atom stereocenters. The highest BCUT2D eigenvalue weighted by Crippen LogP contribution is 2.47. The number of nitrogens with zero attached hydrogens (tertiary/aromatic N) is 1. The van der Waals surface area contributed by atoms with Gasteiger partial charge in [0.2, 0.25) is 0 Å². The summed E-state index contributed by atoms with van der Waals surface area (Å²) < 4.78 is 0. The second kappa shape index (κ2) is 8.35. The summed E-state index contributed by atoms with van der Waals surface area (Å²) in [5, 5.41) is 2.21. The molecule has 0 unspecified atom stereocenters. The fourth-order valence-corrected chi connectivity index (χ4v) is 5.48. The standard InChI is InChI=1S/C29H20Cl2N2O/c30-19-14-15-22(24(31)16-19)27-26(23-12-6-7-13-25(23)32-27)28-20-10-4-5-11-21(20)29(34)33(28)17-18-8-2-1-3-9-18/h1-16,28,32H,17H2/t28-/m1/s1. The molecule has 0 radical (unpaired) electrons. The van der Waals surface area contributed by atoms with Crippen molar-refractivity contribution in [2.75, 3.05) is 0 Å². The number of halogens is 2. The molecule has 0 bridgehead atoms. The first-order valence-corrected chi connectivity index (χ1v) is 11.9. The zero-order chi connectivity index (χ0) is 23.2. The van der Waals surface area contributed by atoms with Crippen LogP contribution < -0.4 is 0 Å². The molecule has 4 aromatic carbocycles. The maximum absolute atomic E-state index is 13.7. The third-order valence-corrected chi connectivity index (χ3v) is 7.02. The third kappa shape index (κ3) is 3.40. The smallest absolute Gasteiger partial charge is 0.255 e. The molecule has 1 aromatic heterocycles. The van der Waals surface area contributed by atoms with Crippen molar-refractivity contribution >= 4 is 40.0 Å². The van der Waals surface area contributed by atoms with Gasteiger partial charge in [-0.3, -0.25) is 4.79 Å². The summed E-state index contributed by atoms with van der Waals surface area (Å²) in [5.74, 6) is 0.0305. The molecule has 5 aromatic rings. The number of aromatic nitrogens is 1. The van der Waals surface area contributed by atoms with Crippen LogP contribution in [0.25, 0.3) is 22.2 Å². The Labute approximate surface area is 207 Å². The van der Waals surface area contributed by atoms with Gasteiger partial charge in [0, 0.05) is 39.2 Å². The lowest BCUT2D eigenvalue weighted by Crippen LogP contribution is -2.28. The van der Waals surface area contributed by atoms with Gasteiger partial charge in [-0.2, -0.15) is 0 Å². The Morgan fingerprint density at radius 3 is 2.35 bits per heavy atom. The van der Waals surface area contributed by atoms with Gasteiger partial charge in [0.25, 0.3) is 5.91 Å². The maximum atomic E-state index is 13.7. The van der Waals surface area contributed by atoms with E-state index in [4.69, 9.17) is 23.2 Å². The summed E-state index contributed by atoms with van der Waals surface area (Å²) in [7, 11) is 0. The molecule has 0 saturated heterocycles. The van der Waals surface area contributed by atoms with Gasteiger partial charge < -0.3 is 9.88 Å². The van der Waals surface area contributed by atoms with Crippen molar-refractivity contribution in [1.82, 2.24) is 9.88 Å². The van der Waals surface area contributed by atoms with Gasteiger partial charge in [0.05, 0.1) is 16.8 Å². The summed E-state index contributed by atoms with van der Waals surface area (Å²) in [6, 6.07) is 31.4. The number of amides is 1. The Balaban J connectivity index is 1.62. The second-order valence-electron chi connectivity index (χ2n) is 8.49. The number of carbonyl (C=O) groups excluding carboxylic acids is 1. The minimum absolute atomic E-state index is 0.0305. The number of carbonyl (C=O) groups is 1. The van der Waals surface area contributed by atoms with E-state index in [0.29, 0.717) is 16.6 Å². The lowest BCUT2D eigenvalue weighted by Gasteiger charge is -2.27. The highest BCUT2D eigenvalue weighted by atomic mass is 35.5. The van der Waals surface area contributed by atoms with Gasteiger partial charge in [0.15, 0.2) is 0 Å². The summed E-state index contributed by atoms with van der Waals surface area (Å²) >= 11 is 12.9. The van der Waals surface area contributed by atoms with E-state index in [9.17, 15) is 4.79 Å². The van der Waals surface area contributed by atoms with Crippen molar-refractivity contribution in [2.45, 2.75) is 12.6 Å². The van der Waals surface area contributed by atoms with Gasteiger partial charge in [0.1, 0.15) is 0 Å². The Morgan fingerprint density at radius 2 is 1.53 bits per heavy atom. The van der Waals surface area contributed by atoms with Gasteiger partial charge >= 0.3 is 0 Å². The number of fused-ring (bicyclic) bond motifs is 2. The average Bonchev–Trinajstić information content (AvgIpc) is 3.35. The van der Waals surface area contributed by atoms with Crippen LogP contribution in [0.15, 0.2) is 97.1 Å². The second-order valence-corrected chi connectivity index (χ2v) is 9.34. The van der Waals surface area contributed by atoms with Gasteiger partial charge in [-0.1, -0.05) is 89.9 Å². The molecule has 166 valence electrons. The molecule has 5 heteroatoms. The molecule has 34 heavy (non-hydrogen) atoms. The molecule has 2 heterocycles. The molecule has 0 aliphatic carbocycles. The van der Waals surface area contributed by atoms with Gasteiger partial charge in [-0.25, -0.2) is 0 Å². The maximum Gasteiger partial charge on any atom is 0.255 e. The van der Waals surface area contributed by atoms with Crippen molar-refractivity contribution in [3.63, 3.8) is 0 Å². The number of aromatic amines is 1. The summed E-state index contributed by atoms with van der Waals surface area (Å²) in [4.78, 5) is 19.2. The summed E-state index contributed by atoms with van der Waals surface area (Å²) in [5.41, 5.74) is 6.61. The van der Waals surface area contributed by atoms with Gasteiger partial charge in [-0.15, -0.1) is 0 Å². The largest absolute Gasteiger partial charge is 0.354 e. The average molecular weight is 483 g/mol. The highest BCUT2D eigenvalue weighted by molar-refractivity contribution is 6.36. The van der Waals surface area contributed by atoms with Crippen LogP contribution in [0.4, 0.5) is 0 Å². The number of para-hydroxylation sites is 1. The van der Waals surface area contributed by atoms with Crippen molar-refractivity contribution in [3.05, 3.63) is 129 Å². The van der Waals surface area contributed by atoms with Crippen LogP contribution in [0.5, 0.6) is 0 Å². The van der Waals surface area contributed by atoms with Crippen molar-refractivity contribution in [2.24, 2.45) is 0 Å². The Morgan fingerprint density at radius 1 is 0.794 bits per heavy atom. The lowest BCUT2D eigenvalue weighted by atomic mass is 9.93. The SMILES string of the molecule is O=C1c2ccccc2[C@H](c2c(-c3ccc(Cl)cc3Cl)[nH]c3ccccc23)N1Cc1ccccc1. The summed E-state index contributed by atoms with van der Waals surface area (Å²) in [6.45, 7) is 0.506. The van der Waals surface area contributed by atoms with E-state index in [0.717, 1.165) is 44.4 Å². The van der Waals surface area contributed by atoms with E-state index in [1.165, 1.54) is 0 Å². The molecule has 0 spiro atoms. The van der Waals surface area contributed by atoms with E-state index in [1.54, 1.807) is 6.07 Å². The van der Waals surface area contributed by atoms with Crippen LogP contribution in [0.3, 0.4) is 0 Å². The van der Waals surface area contributed by atoms with E-state index < -0.39 is 0 Å². The first-order chi connectivity index (χ1) is 16.6. The fourth-order valence-electron chi connectivity index (χ4n) is 4.98. The van der Waals surface area contributed by atoms with Crippen molar-refractivity contribution < 1.29 is 4.79 Å². The zero-order valence-electron chi connectivity index (χ0n) is 18.1. The molecular weight excluding hydrogens is 463 g/mol. The van der Waals surface area contributed by atoms with Crippen molar-refractivity contribution in [1.29, 1.82) is 0 Å². The first kappa shape index (κ1) is 21.0. The van der Waals surface area contributed by atoms with Gasteiger partial charge in [-0.05, 0) is 41.5 Å². The topological polar surface area (TPSA) is 36.1 Å². The molecule has 0 fully saturated rings. The lowest BCUT2D eigenvalue weighted by molar-refractivity contribution is 0.0737. The van der Waals surface area contributed by atoms with Crippen LogP contribution in [0.1, 0.15) is 33.1 Å². The Bertz CT molecular complexity index is 1540. The van der Waals surface area contributed by atoms with Crippen LogP contribution in [-0.4, -0.2) is 15.8 Å². The molecule has 1 amide bonds. The van der Waals surface area contributed by atoms with E-state index >= 15 is 0 Å². The minimum atomic E-state index is -0.262. The van der Waals surface area contributed by atoms with Crippen molar-refractivity contribution in [3.8, 4) is 11.3 Å². The molecule has 1 aliphatic heterocycles. The van der Waals surface area contributed by atoms with E-state index in [1.807, 2.05) is 65.6 Å². The Hall–Kier alpha value is -3.53. The predicted molar refractivity (Wildman–Crippen MR) is 138 cm³/mol. The monoisotopic (exact) mass is 482 g/mol. The first-order valence-electron chi connectivity index (χ1n) is 11.1. The number of hydrogen-bond donors (Lipinski definition) is 1. The molecular formula is C29H20Cl2N2O. The number of benzene rings is 4. The molecule has 6 rings (SSSR count). The normalized spacial score (nSPS) is 15.2. The summed E-state index contributed by atoms with van der Waals surface area (Å²) in [6.07, 6.45) is 0. The fraction of sp³-hybridized carbons (Fsp3) is 0.0690. The van der Waals surface area contributed by atoms with Crippen LogP contribution in [0, 0.1) is 0 Å².